The molecule has 0 aromatic heterocycles. The van der Waals surface area contributed by atoms with Gasteiger partial charge in [0.1, 0.15) is 6.04 Å². The fourth-order valence-electron chi connectivity index (χ4n) is 4.86. The first kappa shape index (κ1) is 18.9. The highest BCUT2D eigenvalue weighted by Crippen LogP contribution is 2.49. The quantitative estimate of drug-likeness (QED) is 0.752. The molecule has 3 heterocycles. The van der Waals surface area contributed by atoms with Gasteiger partial charge < -0.3 is 4.90 Å². The van der Waals surface area contributed by atoms with E-state index in [0.29, 0.717) is 6.54 Å². The van der Waals surface area contributed by atoms with E-state index in [2.05, 4.69) is 0 Å². The summed E-state index contributed by atoms with van der Waals surface area (Å²) in [6.07, 6.45) is 5.73. The largest absolute Gasteiger partial charge is 0.353 e. The van der Waals surface area contributed by atoms with Gasteiger partial charge in [0.05, 0.1) is 17.9 Å². The lowest BCUT2D eigenvalue weighted by molar-refractivity contribution is -0.142. The summed E-state index contributed by atoms with van der Waals surface area (Å²) < 4.78 is 0. The van der Waals surface area contributed by atoms with Gasteiger partial charge in [-0.05, 0) is 18.1 Å². The molecule has 1 aromatic rings. The van der Waals surface area contributed by atoms with Gasteiger partial charge in [-0.25, -0.2) is 0 Å². The van der Waals surface area contributed by atoms with Gasteiger partial charge in [-0.3, -0.25) is 19.3 Å². The smallest absolute Gasteiger partial charge is 0.235 e. The SMILES string of the molecule is CCCCN1C(=O)C2C(C1=O)C(C(=O)C(C)(C)C)N1c3ccccc3C=CC21. The van der Waals surface area contributed by atoms with Crippen molar-refractivity contribution in [3.8, 4) is 0 Å². The van der Waals surface area contributed by atoms with Crippen LogP contribution < -0.4 is 4.90 Å². The van der Waals surface area contributed by atoms with Crippen molar-refractivity contribution >= 4 is 29.4 Å². The van der Waals surface area contributed by atoms with Crippen LogP contribution >= 0.6 is 0 Å². The van der Waals surface area contributed by atoms with Crippen molar-refractivity contribution in [1.82, 2.24) is 4.90 Å². The van der Waals surface area contributed by atoms with Gasteiger partial charge in [-0.2, -0.15) is 0 Å². The van der Waals surface area contributed by atoms with E-state index >= 15 is 0 Å². The topological polar surface area (TPSA) is 57.7 Å². The summed E-state index contributed by atoms with van der Waals surface area (Å²) >= 11 is 0. The van der Waals surface area contributed by atoms with Gasteiger partial charge in [0.25, 0.3) is 0 Å². The third kappa shape index (κ3) is 2.63. The average molecular weight is 380 g/mol. The number of imide groups is 1. The van der Waals surface area contributed by atoms with Crippen molar-refractivity contribution in [1.29, 1.82) is 0 Å². The number of ketones is 1. The molecule has 0 radical (unpaired) electrons. The van der Waals surface area contributed by atoms with Crippen LogP contribution in [-0.2, 0) is 14.4 Å². The van der Waals surface area contributed by atoms with Gasteiger partial charge >= 0.3 is 0 Å². The second kappa shape index (κ2) is 6.57. The number of unbranched alkanes of at least 4 members (excludes halogenated alkanes) is 1. The molecule has 2 fully saturated rings. The molecule has 5 heteroatoms. The molecular weight excluding hydrogens is 352 g/mol. The highest BCUT2D eigenvalue weighted by Gasteiger charge is 2.64. The number of para-hydroxylation sites is 1. The van der Waals surface area contributed by atoms with Crippen LogP contribution in [0.3, 0.4) is 0 Å². The molecular formula is C23H28N2O3. The standard InChI is InChI=1S/C23H28N2O3/c1-5-6-13-24-21(27)17-16-12-11-14-9-7-8-10-15(14)25(16)19(18(17)22(24)28)20(26)23(2,3)4/h7-12,16-19H,5-6,13H2,1-4H3. The lowest BCUT2D eigenvalue weighted by Crippen LogP contribution is -2.51. The van der Waals surface area contributed by atoms with Crippen molar-refractivity contribution in [3.63, 3.8) is 0 Å². The van der Waals surface area contributed by atoms with Crippen molar-refractivity contribution < 1.29 is 14.4 Å². The molecule has 0 N–H and O–H groups in total. The molecule has 4 atom stereocenters. The van der Waals surface area contributed by atoms with E-state index < -0.39 is 23.3 Å². The van der Waals surface area contributed by atoms with E-state index in [4.69, 9.17) is 0 Å². The monoisotopic (exact) mass is 380 g/mol. The Kier molecular flexibility index (Phi) is 4.44. The highest BCUT2D eigenvalue weighted by molar-refractivity contribution is 6.11. The number of carbonyl (C=O) groups is 3. The van der Waals surface area contributed by atoms with Crippen molar-refractivity contribution in [3.05, 3.63) is 35.9 Å². The number of hydrogen-bond donors (Lipinski definition) is 0. The number of carbonyl (C=O) groups excluding carboxylic acids is 3. The Balaban J connectivity index is 1.82. The molecule has 4 unspecified atom stereocenters. The molecule has 1 aromatic carbocycles. The Hall–Kier alpha value is -2.43. The minimum Gasteiger partial charge on any atom is -0.353 e. The molecule has 0 bridgehead atoms. The van der Waals surface area contributed by atoms with Gasteiger partial charge in [0.2, 0.25) is 11.8 Å². The zero-order valence-corrected chi connectivity index (χ0v) is 17.0. The maximum atomic E-state index is 13.5. The maximum absolute atomic E-state index is 13.5. The predicted octanol–water partition coefficient (Wildman–Crippen LogP) is 3.29. The van der Waals surface area contributed by atoms with Crippen molar-refractivity contribution in [2.24, 2.45) is 17.3 Å². The maximum Gasteiger partial charge on any atom is 0.235 e. The van der Waals surface area contributed by atoms with Crippen LogP contribution in [0, 0.1) is 17.3 Å². The Morgan fingerprint density at radius 3 is 2.43 bits per heavy atom. The summed E-state index contributed by atoms with van der Waals surface area (Å²) in [6.45, 7) is 8.16. The number of likely N-dealkylation sites (tertiary alicyclic amines) is 1. The van der Waals surface area contributed by atoms with Gasteiger partial charge in [0.15, 0.2) is 5.78 Å². The van der Waals surface area contributed by atoms with E-state index in [1.807, 2.05) is 69.0 Å². The predicted molar refractivity (Wildman–Crippen MR) is 109 cm³/mol. The van der Waals surface area contributed by atoms with Gasteiger partial charge in [-0.1, -0.05) is 64.5 Å². The summed E-state index contributed by atoms with van der Waals surface area (Å²) in [5, 5.41) is 0. The lowest BCUT2D eigenvalue weighted by Gasteiger charge is -2.38. The Bertz CT molecular complexity index is 867. The zero-order valence-electron chi connectivity index (χ0n) is 17.0. The second-order valence-electron chi connectivity index (χ2n) is 9.11. The molecule has 2 amide bonds. The number of anilines is 1. The number of nitrogens with zero attached hydrogens (tertiary/aromatic N) is 2. The first-order valence-electron chi connectivity index (χ1n) is 10.2. The van der Waals surface area contributed by atoms with E-state index in [9.17, 15) is 14.4 Å². The number of rotatable bonds is 4. The van der Waals surface area contributed by atoms with Gasteiger partial charge in [-0.15, -0.1) is 0 Å². The normalized spacial score (nSPS) is 28.4. The number of Topliss-reactive ketones (excluding diaryl/α,β-unsaturated/α-hetero) is 1. The number of hydrogen-bond acceptors (Lipinski definition) is 4. The Morgan fingerprint density at radius 2 is 1.75 bits per heavy atom. The summed E-state index contributed by atoms with van der Waals surface area (Å²) in [5.41, 5.74) is 1.36. The molecule has 5 nitrogen and oxygen atoms in total. The third-order valence-electron chi connectivity index (χ3n) is 6.25. The highest BCUT2D eigenvalue weighted by atomic mass is 16.2. The molecule has 0 aliphatic carbocycles. The van der Waals surface area contributed by atoms with E-state index in [0.717, 1.165) is 24.1 Å². The number of fused-ring (bicyclic) bond motifs is 5. The van der Waals surface area contributed by atoms with Crippen molar-refractivity contribution in [2.45, 2.75) is 52.6 Å². The fraction of sp³-hybridized carbons (Fsp3) is 0.522. The summed E-state index contributed by atoms with van der Waals surface area (Å²) in [4.78, 5) is 43.5. The summed E-state index contributed by atoms with van der Waals surface area (Å²) in [5.74, 6) is -1.35. The second-order valence-corrected chi connectivity index (χ2v) is 9.11. The third-order valence-corrected chi connectivity index (χ3v) is 6.25. The van der Waals surface area contributed by atoms with Crippen molar-refractivity contribution in [2.75, 3.05) is 11.4 Å². The number of amides is 2. The molecule has 3 aliphatic rings. The molecule has 2 saturated heterocycles. The fourth-order valence-corrected chi connectivity index (χ4v) is 4.86. The molecule has 28 heavy (non-hydrogen) atoms. The van der Waals surface area contributed by atoms with E-state index in [1.165, 1.54) is 4.90 Å². The summed E-state index contributed by atoms with van der Waals surface area (Å²) in [6, 6.07) is 7.04. The van der Waals surface area contributed by atoms with Crippen LogP contribution in [0.25, 0.3) is 6.08 Å². The van der Waals surface area contributed by atoms with Crippen LogP contribution in [0.4, 0.5) is 5.69 Å². The lowest BCUT2D eigenvalue weighted by atomic mass is 9.79. The first-order valence-corrected chi connectivity index (χ1v) is 10.2. The number of benzene rings is 1. The minimum atomic E-state index is -0.607. The minimum absolute atomic E-state index is 0.0218. The molecule has 148 valence electrons. The average Bonchev–Trinajstić information content (AvgIpc) is 3.12. The van der Waals surface area contributed by atoms with Crippen LogP contribution in [-0.4, -0.2) is 41.1 Å². The molecule has 0 saturated carbocycles. The van der Waals surface area contributed by atoms with E-state index in [1.54, 1.807) is 0 Å². The van der Waals surface area contributed by atoms with Crippen LogP contribution in [0.2, 0.25) is 0 Å². The first-order chi connectivity index (χ1) is 13.3. The molecule has 3 aliphatic heterocycles. The van der Waals surface area contributed by atoms with Crippen LogP contribution in [0.1, 0.15) is 46.1 Å². The van der Waals surface area contributed by atoms with E-state index in [-0.39, 0.29) is 23.6 Å². The van der Waals surface area contributed by atoms with Crippen LogP contribution in [0.5, 0.6) is 0 Å². The van der Waals surface area contributed by atoms with Crippen LogP contribution in [0.15, 0.2) is 30.3 Å². The Labute approximate surface area is 166 Å². The zero-order chi connectivity index (χ0) is 20.2. The van der Waals surface area contributed by atoms with Gasteiger partial charge in [0, 0.05) is 17.6 Å². The molecule has 0 spiro atoms. The summed E-state index contributed by atoms with van der Waals surface area (Å²) in [7, 11) is 0. The Morgan fingerprint density at radius 1 is 1.07 bits per heavy atom. The molecule has 4 rings (SSSR count).